The van der Waals surface area contributed by atoms with E-state index in [2.05, 4.69) is 5.32 Å². The molecule has 162 valence electrons. The van der Waals surface area contributed by atoms with Crippen molar-refractivity contribution >= 4 is 23.6 Å². The van der Waals surface area contributed by atoms with Crippen LogP contribution in [-0.4, -0.2) is 23.2 Å². The number of thioether (sulfide) groups is 1. The Morgan fingerprint density at radius 1 is 1.16 bits per heavy atom. The van der Waals surface area contributed by atoms with Gasteiger partial charge >= 0.3 is 5.97 Å². The van der Waals surface area contributed by atoms with Gasteiger partial charge in [-0.1, -0.05) is 24.3 Å². The van der Waals surface area contributed by atoms with Crippen molar-refractivity contribution in [3.63, 3.8) is 0 Å². The van der Waals surface area contributed by atoms with Crippen molar-refractivity contribution in [1.82, 2.24) is 9.99 Å². The maximum Gasteiger partial charge on any atom is 0.308 e. The quantitative estimate of drug-likeness (QED) is 0.604. The lowest BCUT2D eigenvalue weighted by atomic mass is 9.94. The van der Waals surface area contributed by atoms with Gasteiger partial charge in [0.2, 0.25) is 11.2 Å². The second-order valence-corrected chi connectivity index (χ2v) is 8.49. The summed E-state index contributed by atoms with van der Waals surface area (Å²) < 4.78 is 21.0. The lowest BCUT2D eigenvalue weighted by Gasteiger charge is -2.40. The third-order valence-corrected chi connectivity index (χ3v) is 6.61. The van der Waals surface area contributed by atoms with Crippen LogP contribution in [0.5, 0.6) is 5.75 Å². The molecule has 1 unspecified atom stereocenters. The first-order valence-corrected chi connectivity index (χ1v) is 10.9. The van der Waals surface area contributed by atoms with E-state index in [4.69, 9.17) is 4.74 Å². The van der Waals surface area contributed by atoms with E-state index in [1.165, 1.54) is 36.0 Å². The van der Waals surface area contributed by atoms with E-state index in [0.29, 0.717) is 5.75 Å². The first kappa shape index (κ1) is 20.3. The Balaban J connectivity index is 1.76. The predicted molar refractivity (Wildman–Crippen MR) is 117 cm³/mol. The number of pyridine rings is 1. The molecule has 32 heavy (non-hydrogen) atoms. The van der Waals surface area contributed by atoms with Crippen LogP contribution in [0.3, 0.4) is 0 Å². The summed E-state index contributed by atoms with van der Waals surface area (Å²) in [5, 5.41) is 4.58. The van der Waals surface area contributed by atoms with E-state index >= 15 is 0 Å². The molecule has 3 aromatic rings. The molecule has 2 aliphatic rings. The molecule has 1 atom stereocenters. The van der Waals surface area contributed by atoms with Gasteiger partial charge in [-0.15, -0.1) is 11.8 Å². The van der Waals surface area contributed by atoms with Crippen molar-refractivity contribution in [2.75, 3.05) is 11.7 Å². The van der Waals surface area contributed by atoms with Crippen molar-refractivity contribution in [3.05, 3.63) is 93.2 Å². The summed E-state index contributed by atoms with van der Waals surface area (Å²) >= 11 is 1.66. The maximum atomic E-state index is 14.4. The van der Waals surface area contributed by atoms with Gasteiger partial charge in [-0.3, -0.25) is 24.1 Å². The molecule has 0 spiro atoms. The van der Waals surface area contributed by atoms with Crippen LogP contribution < -0.4 is 20.5 Å². The molecular weight excluding hydrogens is 433 g/mol. The highest BCUT2D eigenvalue weighted by Crippen LogP contribution is 2.42. The minimum atomic E-state index is -0.704. The van der Waals surface area contributed by atoms with Crippen LogP contribution in [0.15, 0.2) is 64.4 Å². The zero-order valence-corrected chi connectivity index (χ0v) is 17.8. The fourth-order valence-corrected chi connectivity index (χ4v) is 5.23. The molecule has 0 bridgehead atoms. The van der Waals surface area contributed by atoms with Gasteiger partial charge in [0.15, 0.2) is 5.69 Å². The highest BCUT2D eigenvalue weighted by Gasteiger charge is 2.36. The number of carbonyl (C=O) groups is 2. The van der Waals surface area contributed by atoms with Gasteiger partial charge in [0.05, 0.1) is 6.04 Å². The van der Waals surface area contributed by atoms with Gasteiger partial charge in [0.1, 0.15) is 12.5 Å². The minimum absolute atomic E-state index is 0.0775. The zero-order valence-electron chi connectivity index (χ0n) is 17.0. The number of hydrogen-bond donors (Lipinski definition) is 1. The number of nitrogens with one attached hydrogen (secondary N) is 1. The highest BCUT2D eigenvalue weighted by atomic mass is 32.2. The smallest absolute Gasteiger partial charge is 0.308 e. The van der Waals surface area contributed by atoms with Crippen LogP contribution in [0.1, 0.15) is 40.1 Å². The average molecular weight is 451 g/mol. The number of hydrogen-bond acceptors (Lipinski definition) is 6. The Morgan fingerprint density at radius 3 is 2.78 bits per heavy atom. The predicted octanol–water partition coefficient (Wildman–Crippen LogP) is 2.95. The molecule has 7 nitrogen and oxygen atoms in total. The van der Waals surface area contributed by atoms with E-state index in [-0.39, 0.29) is 23.9 Å². The number of rotatable bonds is 2. The normalized spacial score (nSPS) is 16.9. The van der Waals surface area contributed by atoms with Crippen LogP contribution in [-0.2, 0) is 10.5 Å². The summed E-state index contributed by atoms with van der Waals surface area (Å²) in [6.07, 6.45) is 1.48. The number of amides is 1. The molecule has 5 rings (SSSR count). The summed E-state index contributed by atoms with van der Waals surface area (Å²) in [6, 6.07) is 13.3. The number of fused-ring (bicyclic) bond motifs is 3. The van der Waals surface area contributed by atoms with Crippen molar-refractivity contribution in [2.24, 2.45) is 0 Å². The lowest BCUT2D eigenvalue weighted by molar-refractivity contribution is -0.132. The molecule has 1 amide bonds. The van der Waals surface area contributed by atoms with Crippen LogP contribution in [0, 0.1) is 5.82 Å². The van der Waals surface area contributed by atoms with E-state index in [1.807, 2.05) is 29.3 Å². The fraction of sp³-hybridized carbons (Fsp3) is 0.174. The highest BCUT2D eigenvalue weighted by molar-refractivity contribution is 7.98. The molecule has 0 saturated heterocycles. The number of halogens is 1. The number of esters is 1. The molecule has 3 heterocycles. The van der Waals surface area contributed by atoms with E-state index in [0.717, 1.165) is 21.6 Å². The topological polar surface area (TPSA) is 80.6 Å². The molecule has 2 aliphatic heterocycles. The lowest BCUT2D eigenvalue weighted by Crippen LogP contribution is -2.54. The molecule has 2 aromatic carbocycles. The molecule has 0 radical (unpaired) electrons. The third kappa shape index (κ3) is 3.34. The second-order valence-electron chi connectivity index (χ2n) is 7.47. The molecule has 0 saturated carbocycles. The van der Waals surface area contributed by atoms with Crippen LogP contribution >= 0.6 is 11.8 Å². The zero-order chi connectivity index (χ0) is 22.4. The Labute approximate surface area is 186 Å². The first-order chi connectivity index (χ1) is 15.4. The molecule has 1 N–H and O–H groups in total. The summed E-state index contributed by atoms with van der Waals surface area (Å²) in [6.45, 7) is 1.27. The van der Waals surface area contributed by atoms with Crippen molar-refractivity contribution in [1.29, 1.82) is 0 Å². The molecule has 9 heteroatoms. The summed E-state index contributed by atoms with van der Waals surface area (Å²) in [7, 11) is 0. The van der Waals surface area contributed by atoms with Crippen LogP contribution in [0.25, 0.3) is 0 Å². The summed E-state index contributed by atoms with van der Waals surface area (Å²) in [5.74, 6) is -1.27. The number of carbonyl (C=O) groups excluding carboxylic acids is 2. The third-order valence-electron chi connectivity index (χ3n) is 5.47. The Kier molecular flexibility index (Phi) is 4.97. The maximum absolute atomic E-state index is 14.4. The van der Waals surface area contributed by atoms with Crippen molar-refractivity contribution in [2.45, 2.75) is 23.6 Å². The van der Waals surface area contributed by atoms with Crippen LogP contribution in [0.2, 0.25) is 0 Å². The number of ether oxygens (including phenoxy) is 1. The second kappa shape index (κ2) is 7.83. The standard InChI is InChI=1S/C23H18FN3O4S/c1-13(28)31-22-18(29)8-9-26-21(22)23(30)25-12-27(26)20-16-4-2-3-5-19(16)32-11-14-6-7-15(24)10-17(14)20/h2-10,20H,11-12H2,1H3,(H,25,30). The van der Waals surface area contributed by atoms with Gasteiger partial charge in [0, 0.05) is 29.8 Å². The number of nitrogens with zero attached hydrogens (tertiary/aromatic N) is 2. The van der Waals surface area contributed by atoms with Gasteiger partial charge < -0.3 is 10.1 Å². The molecule has 0 fully saturated rings. The minimum Gasteiger partial charge on any atom is -0.420 e. The molecule has 1 aromatic heterocycles. The fourth-order valence-electron chi connectivity index (χ4n) is 4.14. The van der Waals surface area contributed by atoms with Crippen molar-refractivity contribution in [3.8, 4) is 5.75 Å². The summed E-state index contributed by atoms with van der Waals surface area (Å²) in [5.41, 5.74) is 2.02. The van der Waals surface area contributed by atoms with Gasteiger partial charge in [-0.2, -0.15) is 0 Å². The first-order valence-electron chi connectivity index (χ1n) is 9.93. The van der Waals surface area contributed by atoms with Gasteiger partial charge in [-0.25, -0.2) is 4.39 Å². The molecule has 0 aliphatic carbocycles. The van der Waals surface area contributed by atoms with E-state index < -0.39 is 23.3 Å². The van der Waals surface area contributed by atoms with Gasteiger partial charge in [0.25, 0.3) is 5.91 Å². The number of benzene rings is 2. The number of aromatic nitrogens is 1. The van der Waals surface area contributed by atoms with Crippen molar-refractivity contribution < 1.29 is 18.7 Å². The monoisotopic (exact) mass is 451 g/mol. The Morgan fingerprint density at radius 2 is 1.97 bits per heavy atom. The summed E-state index contributed by atoms with van der Waals surface area (Å²) in [4.78, 5) is 37.8. The Hall–Kier alpha value is -3.59. The SMILES string of the molecule is CC(=O)Oc1c2n(ccc1=O)N(C1c3cc(F)ccc3CSc3ccccc31)CNC2=O. The van der Waals surface area contributed by atoms with Crippen LogP contribution in [0.4, 0.5) is 4.39 Å². The van der Waals surface area contributed by atoms with Gasteiger partial charge in [-0.05, 0) is 34.9 Å². The largest absolute Gasteiger partial charge is 0.420 e. The average Bonchev–Trinajstić information content (AvgIpc) is 2.92. The molecular formula is C23H18FN3O4S. The van der Waals surface area contributed by atoms with E-state index in [1.54, 1.807) is 17.8 Å². The Bertz CT molecular complexity index is 1320. The van der Waals surface area contributed by atoms with E-state index in [9.17, 15) is 18.8 Å².